The Hall–Kier alpha value is -1.71. The maximum atomic E-state index is 11.6. The highest BCUT2D eigenvalue weighted by Gasteiger charge is 2.36. The number of anilines is 2. The van der Waals surface area contributed by atoms with Crippen LogP contribution < -0.4 is 16.4 Å². The first-order valence-corrected chi connectivity index (χ1v) is 6.61. The molecule has 0 bridgehead atoms. The highest BCUT2D eigenvalue weighted by molar-refractivity contribution is 6.01. The Labute approximate surface area is 107 Å². The SMILES string of the molecule is NC(=O)c1cccc(N)c1N(CC1CC1)C1CC1. The molecule has 4 heteroatoms. The minimum absolute atomic E-state index is 0.390. The number of para-hydroxylation sites is 1. The molecule has 0 heterocycles. The molecule has 3 rings (SSSR count). The standard InChI is InChI=1S/C14H19N3O/c15-12-3-1-2-11(14(16)18)13(12)17(10-6-7-10)8-9-4-5-9/h1-3,9-10H,4-8,15H2,(H2,16,18). The van der Waals surface area contributed by atoms with Gasteiger partial charge in [0.1, 0.15) is 0 Å². The van der Waals surface area contributed by atoms with Gasteiger partial charge >= 0.3 is 0 Å². The van der Waals surface area contributed by atoms with E-state index in [0.717, 1.165) is 18.2 Å². The average Bonchev–Trinajstić information content (AvgIpc) is 3.19. The number of carbonyl (C=O) groups excluding carboxylic acids is 1. The molecule has 4 nitrogen and oxygen atoms in total. The monoisotopic (exact) mass is 245 g/mol. The van der Waals surface area contributed by atoms with E-state index in [2.05, 4.69) is 4.90 Å². The number of primary amides is 1. The predicted octanol–water partition coefficient (Wildman–Crippen LogP) is 1.75. The van der Waals surface area contributed by atoms with Gasteiger partial charge in [0.15, 0.2) is 0 Å². The predicted molar refractivity (Wildman–Crippen MR) is 72.5 cm³/mol. The molecule has 2 fully saturated rings. The molecule has 4 N–H and O–H groups in total. The van der Waals surface area contributed by atoms with Crippen molar-refractivity contribution in [3.63, 3.8) is 0 Å². The lowest BCUT2D eigenvalue weighted by atomic mass is 10.1. The summed E-state index contributed by atoms with van der Waals surface area (Å²) >= 11 is 0. The maximum absolute atomic E-state index is 11.6. The maximum Gasteiger partial charge on any atom is 0.250 e. The van der Waals surface area contributed by atoms with Crippen LogP contribution in [-0.2, 0) is 0 Å². The van der Waals surface area contributed by atoms with E-state index in [4.69, 9.17) is 11.5 Å². The largest absolute Gasteiger partial charge is 0.397 e. The smallest absolute Gasteiger partial charge is 0.250 e. The number of nitrogen functional groups attached to an aromatic ring is 1. The van der Waals surface area contributed by atoms with Crippen LogP contribution in [0, 0.1) is 5.92 Å². The van der Waals surface area contributed by atoms with Gasteiger partial charge in [-0.15, -0.1) is 0 Å². The van der Waals surface area contributed by atoms with Crippen LogP contribution in [-0.4, -0.2) is 18.5 Å². The van der Waals surface area contributed by atoms with Crippen molar-refractivity contribution in [3.8, 4) is 0 Å². The normalized spacial score (nSPS) is 18.7. The Morgan fingerprint density at radius 1 is 1.28 bits per heavy atom. The summed E-state index contributed by atoms with van der Waals surface area (Å²) in [7, 11) is 0. The second-order valence-electron chi connectivity index (χ2n) is 5.43. The molecule has 1 aromatic carbocycles. The second-order valence-corrected chi connectivity index (χ2v) is 5.43. The zero-order valence-corrected chi connectivity index (χ0v) is 10.4. The van der Waals surface area contributed by atoms with Gasteiger partial charge in [-0.1, -0.05) is 6.07 Å². The number of rotatable bonds is 5. The van der Waals surface area contributed by atoms with Crippen molar-refractivity contribution in [3.05, 3.63) is 23.8 Å². The molecule has 18 heavy (non-hydrogen) atoms. The van der Waals surface area contributed by atoms with E-state index in [1.807, 2.05) is 6.07 Å². The van der Waals surface area contributed by atoms with Crippen molar-refractivity contribution in [1.29, 1.82) is 0 Å². The Bertz CT molecular complexity index is 478. The minimum atomic E-state index is -0.390. The van der Waals surface area contributed by atoms with E-state index in [1.54, 1.807) is 12.1 Å². The third-order valence-corrected chi connectivity index (χ3v) is 3.76. The van der Waals surface area contributed by atoms with Crippen LogP contribution in [0.3, 0.4) is 0 Å². The molecule has 0 spiro atoms. The van der Waals surface area contributed by atoms with Crippen LogP contribution in [0.4, 0.5) is 11.4 Å². The Kier molecular flexibility index (Phi) is 2.65. The molecule has 2 aliphatic carbocycles. The quantitative estimate of drug-likeness (QED) is 0.776. The summed E-state index contributed by atoms with van der Waals surface area (Å²) in [4.78, 5) is 13.9. The fourth-order valence-corrected chi connectivity index (χ4v) is 2.47. The van der Waals surface area contributed by atoms with E-state index < -0.39 is 5.91 Å². The third kappa shape index (κ3) is 2.15. The highest BCUT2D eigenvalue weighted by atomic mass is 16.1. The van der Waals surface area contributed by atoms with Crippen molar-refractivity contribution in [2.45, 2.75) is 31.7 Å². The van der Waals surface area contributed by atoms with Crippen LogP contribution in [0.15, 0.2) is 18.2 Å². The summed E-state index contributed by atoms with van der Waals surface area (Å²) < 4.78 is 0. The van der Waals surface area contributed by atoms with Crippen LogP contribution >= 0.6 is 0 Å². The average molecular weight is 245 g/mol. The van der Waals surface area contributed by atoms with Crippen molar-refractivity contribution in [1.82, 2.24) is 0 Å². The Morgan fingerprint density at radius 2 is 2.00 bits per heavy atom. The summed E-state index contributed by atoms with van der Waals surface area (Å²) in [6, 6.07) is 5.97. The van der Waals surface area contributed by atoms with Crippen molar-refractivity contribution in [2.24, 2.45) is 11.7 Å². The summed E-state index contributed by atoms with van der Waals surface area (Å²) in [6.07, 6.45) is 4.97. The number of hydrogen-bond acceptors (Lipinski definition) is 3. The van der Waals surface area contributed by atoms with E-state index in [1.165, 1.54) is 25.7 Å². The van der Waals surface area contributed by atoms with Crippen molar-refractivity contribution >= 4 is 17.3 Å². The van der Waals surface area contributed by atoms with Gasteiger partial charge in [0.05, 0.1) is 16.9 Å². The lowest BCUT2D eigenvalue weighted by Crippen LogP contribution is -2.31. The van der Waals surface area contributed by atoms with Crippen molar-refractivity contribution < 1.29 is 4.79 Å². The molecule has 0 saturated heterocycles. The van der Waals surface area contributed by atoms with Crippen LogP contribution in [0.2, 0.25) is 0 Å². The van der Waals surface area contributed by atoms with Crippen LogP contribution in [0.1, 0.15) is 36.0 Å². The Balaban J connectivity index is 1.98. The van der Waals surface area contributed by atoms with Gasteiger partial charge in [0.2, 0.25) is 0 Å². The van der Waals surface area contributed by atoms with Gasteiger partial charge < -0.3 is 16.4 Å². The summed E-state index contributed by atoms with van der Waals surface area (Å²) in [5.41, 5.74) is 13.6. The molecule has 0 unspecified atom stereocenters. The summed E-state index contributed by atoms with van der Waals surface area (Å²) in [6.45, 7) is 1.01. The minimum Gasteiger partial charge on any atom is -0.397 e. The zero-order chi connectivity index (χ0) is 12.7. The van der Waals surface area contributed by atoms with E-state index in [9.17, 15) is 4.79 Å². The number of nitrogens with zero attached hydrogens (tertiary/aromatic N) is 1. The van der Waals surface area contributed by atoms with E-state index in [-0.39, 0.29) is 0 Å². The number of nitrogens with two attached hydrogens (primary N) is 2. The topological polar surface area (TPSA) is 72.3 Å². The molecule has 2 saturated carbocycles. The first-order chi connectivity index (χ1) is 8.66. The van der Waals surface area contributed by atoms with E-state index in [0.29, 0.717) is 17.3 Å². The van der Waals surface area contributed by atoms with Gasteiger partial charge in [0, 0.05) is 12.6 Å². The first kappa shape index (κ1) is 11.4. The molecule has 0 atom stereocenters. The Morgan fingerprint density at radius 3 is 2.56 bits per heavy atom. The van der Waals surface area contributed by atoms with Gasteiger partial charge in [0.25, 0.3) is 5.91 Å². The molecular weight excluding hydrogens is 226 g/mol. The van der Waals surface area contributed by atoms with Gasteiger partial charge in [-0.2, -0.15) is 0 Å². The van der Waals surface area contributed by atoms with Gasteiger partial charge in [-0.3, -0.25) is 4.79 Å². The summed E-state index contributed by atoms with van der Waals surface area (Å²) in [5, 5.41) is 0. The van der Waals surface area contributed by atoms with Crippen molar-refractivity contribution in [2.75, 3.05) is 17.2 Å². The molecule has 2 aliphatic rings. The number of hydrogen-bond donors (Lipinski definition) is 2. The molecule has 96 valence electrons. The molecule has 0 radical (unpaired) electrons. The third-order valence-electron chi connectivity index (χ3n) is 3.76. The lowest BCUT2D eigenvalue weighted by molar-refractivity contribution is 0.100. The molecule has 1 aromatic rings. The zero-order valence-electron chi connectivity index (χ0n) is 10.4. The van der Waals surface area contributed by atoms with Gasteiger partial charge in [-0.05, 0) is 43.7 Å². The van der Waals surface area contributed by atoms with Crippen LogP contribution in [0.25, 0.3) is 0 Å². The fraction of sp³-hybridized carbons (Fsp3) is 0.500. The molecule has 1 amide bonds. The molecular formula is C14H19N3O. The second kappa shape index (κ2) is 4.19. The molecule has 0 aromatic heterocycles. The number of carbonyl (C=O) groups is 1. The lowest BCUT2D eigenvalue weighted by Gasteiger charge is -2.27. The molecule has 0 aliphatic heterocycles. The summed E-state index contributed by atoms with van der Waals surface area (Å²) in [5.74, 6) is 0.379. The van der Waals surface area contributed by atoms with E-state index >= 15 is 0 Å². The number of benzene rings is 1. The fourth-order valence-electron chi connectivity index (χ4n) is 2.47. The first-order valence-electron chi connectivity index (χ1n) is 6.61. The van der Waals surface area contributed by atoms with Crippen LogP contribution in [0.5, 0.6) is 0 Å². The number of amides is 1. The highest BCUT2D eigenvalue weighted by Crippen LogP contribution is 2.41. The van der Waals surface area contributed by atoms with Gasteiger partial charge in [-0.25, -0.2) is 0 Å².